The Hall–Kier alpha value is -1.14. The zero-order valence-electron chi connectivity index (χ0n) is 10.8. The van der Waals surface area contributed by atoms with Gasteiger partial charge in [0.05, 0.1) is 18.1 Å². The molecule has 2 fully saturated rings. The number of methoxy groups -OCH3 is 1. The molecule has 102 valence electrons. The zero-order chi connectivity index (χ0) is 13.0. The van der Waals surface area contributed by atoms with E-state index in [9.17, 15) is 9.59 Å². The normalized spacial score (nSPS) is 31.4. The quantitative estimate of drug-likeness (QED) is 0.589. The molecule has 0 aromatic rings. The van der Waals surface area contributed by atoms with Crippen LogP contribution in [0.1, 0.15) is 19.3 Å². The van der Waals surface area contributed by atoms with Crippen molar-refractivity contribution < 1.29 is 14.3 Å². The molecule has 0 bridgehead atoms. The Morgan fingerprint density at radius 2 is 2.44 bits per heavy atom. The lowest BCUT2D eigenvalue weighted by molar-refractivity contribution is -0.126. The summed E-state index contributed by atoms with van der Waals surface area (Å²) in [6, 6.07) is 0. The number of hydrogen-bond acceptors (Lipinski definition) is 4. The fraction of sp³-hybridized carbons (Fsp3) is 0.833. The van der Waals surface area contributed by atoms with Crippen LogP contribution in [-0.4, -0.2) is 50.7 Å². The fourth-order valence-corrected chi connectivity index (χ4v) is 2.66. The maximum absolute atomic E-state index is 11.9. The summed E-state index contributed by atoms with van der Waals surface area (Å²) in [6.45, 7) is 2.57. The van der Waals surface area contributed by atoms with Gasteiger partial charge in [0, 0.05) is 26.6 Å². The minimum Gasteiger partial charge on any atom is -0.383 e. The van der Waals surface area contributed by atoms with Gasteiger partial charge in [-0.2, -0.15) is 0 Å². The van der Waals surface area contributed by atoms with E-state index < -0.39 is 0 Å². The van der Waals surface area contributed by atoms with Crippen LogP contribution < -0.4 is 16.0 Å². The molecule has 2 aliphatic rings. The van der Waals surface area contributed by atoms with Crippen LogP contribution in [0.25, 0.3) is 0 Å². The molecular weight excluding hydrogens is 234 g/mol. The Labute approximate surface area is 107 Å². The van der Waals surface area contributed by atoms with Gasteiger partial charge in [0.15, 0.2) is 0 Å². The van der Waals surface area contributed by atoms with Gasteiger partial charge >= 0.3 is 0 Å². The average Bonchev–Trinajstić information content (AvgIpc) is 2.97. The lowest BCUT2D eigenvalue weighted by atomic mass is 9.98. The number of nitrogens with one attached hydrogen (secondary N) is 3. The van der Waals surface area contributed by atoms with Gasteiger partial charge in [0.25, 0.3) is 0 Å². The van der Waals surface area contributed by atoms with E-state index in [1.807, 2.05) is 0 Å². The maximum Gasteiger partial charge on any atom is 0.225 e. The predicted molar refractivity (Wildman–Crippen MR) is 66.0 cm³/mol. The van der Waals surface area contributed by atoms with Crippen molar-refractivity contribution in [2.45, 2.75) is 24.8 Å². The van der Waals surface area contributed by atoms with Crippen LogP contribution in [0, 0.1) is 5.92 Å². The van der Waals surface area contributed by atoms with Crippen molar-refractivity contribution in [3.8, 4) is 0 Å². The Balaban J connectivity index is 1.82. The van der Waals surface area contributed by atoms with E-state index >= 15 is 0 Å². The molecule has 2 atom stereocenters. The summed E-state index contributed by atoms with van der Waals surface area (Å²) >= 11 is 0. The Morgan fingerprint density at radius 3 is 3.00 bits per heavy atom. The van der Waals surface area contributed by atoms with Crippen molar-refractivity contribution in [1.82, 2.24) is 16.0 Å². The van der Waals surface area contributed by atoms with Crippen molar-refractivity contribution in [3.63, 3.8) is 0 Å². The summed E-state index contributed by atoms with van der Waals surface area (Å²) in [7, 11) is 1.67. The van der Waals surface area contributed by atoms with Crippen molar-refractivity contribution >= 4 is 11.8 Å². The standard InChI is InChI=1S/C12H21N3O3/c1-18-8-12(3-2-4-15-12)7-14-11(17)9-5-10(16)13-6-9/h9,15H,2-8H2,1H3,(H,13,16)(H,14,17). The molecule has 0 aromatic heterocycles. The van der Waals surface area contributed by atoms with Crippen LogP contribution >= 0.6 is 0 Å². The highest BCUT2D eigenvalue weighted by atomic mass is 16.5. The van der Waals surface area contributed by atoms with Gasteiger partial charge in [-0.1, -0.05) is 0 Å². The number of amides is 2. The first-order valence-corrected chi connectivity index (χ1v) is 6.44. The first-order chi connectivity index (χ1) is 8.65. The Bertz CT molecular complexity index is 327. The largest absolute Gasteiger partial charge is 0.383 e. The summed E-state index contributed by atoms with van der Waals surface area (Å²) in [6.07, 6.45) is 2.40. The lowest BCUT2D eigenvalue weighted by Crippen LogP contribution is -2.53. The molecule has 0 radical (unpaired) electrons. The van der Waals surface area contributed by atoms with E-state index in [1.165, 1.54) is 0 Å². The number of carbonyl (C=O) groups is 2. The van der Waals surface area contributed by atoms with Crippen LogP contribution in [0.2, 0.25) is 0 Å². The van der Waals surface area contributed by atoms with E-state index in [-0.39, 0.29) is 23.3 Å². The molecule has 2 aliphatic heterocycles. The fourth-order valence-electron chi connectivity index (χ4n) is 2.66. The number of rotatable bonds is 5. The van der Waals surface area contributed by atoms with Crippen LogP contribution in [-0.2, 0) is 14.3 Å². The van der Waals surface area contributed by atoms with E-state index in [0.717, 1.165) is 19.4 Å². The summed E-state index contributed by atoms with van der Waals surface area (Å²) in [5, 5.41) is 9.02. The molecule has 2 saturated heterocycles. The SMILES string of the molecule is COCC1(CNC(=O)C2CNC(=O)C2)CCCN1. The van der Waals surface area contributed by atoms with Crippen molar-refractivity contribution in [2.24, 2.45) is 5.92 Å². The van der Waals surface area contributed by atoms with Crippen LogP contribution in [0.5, 0.6) is 0 Å². The highest BCUT2D eigenvalue weighted by Gasteiger charge is 2.35. The van der Waals surface area contributed by atoms with Gasteiger partial charge in [-0.25, -0.2) is 0 Å². The predicted octanol–water partition coefficient (Wildman–Crippen LogP) is -0.993. The van der Waals surface area contributed by atoms with Crippen LogP contribution in [0.3, 0.4) is 0 Å². The van der Waals surface area contributed by atoms with Crippen LogP contribution in [0.4, 0.5) is 0 Å². The smallest absolute Gasteiger partial charge is 0.225 e. The molecule has 18 heavy (non-hydrogen) atoms. The van der Waals surface area contributed by atoms with Gasteiger partial charge in [-0.15, -0.1) is 0 Å². The van der Waals surface area contributed by atoms with Gasteiger partial charge in [-0.05, 0) is 19.4 Å². The molecule has 2 amide bonds. The summed E-state index contributed by atoms with van der Waals surface area (Å²) in [5.74, 6) is -0.309. The first-order valence-electron chi connectivity index (χ1n) is 6.44. The first kappa shape index (κ1) is 13.3. The van der Waals surface area contributed by atoms with Gasteiger partial charge in [-0.3, -0.25) is 9.59 Å². The molecule has 0 aromatic carbocycles. The zero-order valence-corrected chi connectivity index (χ0v) is 10.8. The number of carbonyl (C=O) groups excluding carboxylic acids is 2. The average molecular weight is 255 g/mol. The molecule has 3 N–H and O–H groups in total. The molecule has 0 aliphatic carbocycles. The van der Waals surface area contributed by atoms with Gasteiger partial charge in [0.2, 0.25) is 11.8 Å². The minimum absolute atomic E-state index is 0.0410. The molecule has 6 heteroatoms. The molecule has 2 unspecified atom stereocenters. The Kier molecular flexibility index (Phi) is 4.19. The Morgan fingerprint density at radius 1 is 1.61 bits per heavy atom. The minimum atomic E-state index is -0.224. The van der Waals surface area contributed by atoms with Crippen LogP contribution in [0.15, 0.2) is 0 Å². The molecule has 0 saturated carbocycles. The summed E-state index contributed by atoms with van der Waals surface area (Å²) < 4.78 is 5.22. The molecule has 6 nitrogen and oxygen atoms in total. The topological polar surface area (TPSA) is 79.5 Å². The third-order valence-corrected chi connectivity index (χ3v) is 3.70. The van der Waals surface area contributed by atoms with Gasteiger partial charge < -0.3 is 20.7 Å². The third-order valence-electron chi connectivity index (χ3n) is 3.70. The van der Waals surface area contributed by atoms with Crippen molar-refractivity contribution in [2.75, 3.05) is 33.4 Å². The van der Waals surface area contributed by atoms with E-state index in [2.05, 4.69) is 16.0 Å². The van der Waals surface area contributed by atoms with Crippen molar-refractivity contribution in [1.29, 1.82) is 0 Å². The summed E-state index contributed by atoms with van der Waals surface area (Å²) in [5.41, 5.74) is -0.138. The monoisotopic (exact) mass is 255 g/mol. The second-order valence-electron chi connectivity index (χ2n) is 5.17. The third kappa shape index (κ3) is 3.00. The lowest BCUT2D eigenvalue weighted by Gasteiger charge is -2.29. The van der Waals surface area contributed by atoms with Crippen molar-refractivity contribution in [3.05, 3.63) is 0 Å². The molecular formula is C12H21N3O3. The summed E-state index contributed by atoms with van der Waals surface area (Å²) in [4.78, 5) is 23.0. The number of hydrogen-bond donors (Lipinski definition) is 3. The highest BCUT2D eigenvalue weighted by molar-refractivity contribution is 5.89. The van der Waals surface area contributed by atoms with E-state index in [0.29, 0.717) is 26.1 Å². The van der Waals surface area contributed by atoms with E-state index in [1.54, 1.807) is 7.11 Å². The van der Waals surface area contributed by atoms with E-state index in [4.69, 9.17) is 4.74 Å². The molecule has 0 spiro atoms. The second kappa shape index (κ2) is 5.67. The highest BCUT2D eigenvalue weighted by Crippen LogP contribution is 2.19. The second-order valence-corrected chi connectivity index (χ2v) is 5.17. The maximum atomic E-state index is 11.9. The van der Waals surface area contributed by atoms with Gasteiger partial charge in [0.1, 0.15) is 0 Å². The molecule has 2 heterocycles. The molecule has 2 rings (SSSR count). The number of ether oxygens (including phenoxy) is 1.